The summed E-state index contributed by atoms with van der Waals surface area (Å²) in [6.45, 7) is 2.50. The zero-order valence-electron chi connectivity index (χ0n) is 23.7. The monoisotopic (exact) mass is 595 g/mol. The van der Waals surface area contributed by atoms with Crippen LogP contribution in [0.1, 0.15) is 66.1 Å². The number of imidazole rings is 1. The smallest absolute Gasteiger partial charge is 0.384 e. The zero-order valence-corrected chi connectivity index (χ0v) is 23.7. The Morgan fingerprint density at radius 1 is 1.21 bits per heavy atom. The minimum Gasteiger partial charge on any atom is -0.384 e. The number of ether oxygens (including phenoxy) is 2. The summed E-state index contributed by atoms with van der Waals surface area (Å²) in [6.07, 6.45) is 2.77. The van der Waals surface area contributed by atoms with E-state index in [1.54, 1.807) is 19.5 Å². The molecule has 15 heteroatoms. The summed E-state index contributed by atoms with van der Waals surface area (Å²) in [5.41, 5.74) is 4.44. The number of fused-ring (bicyclic) bond motifs is 1. The maximum atomic E-state index is 11.7. The molecule has 1 unspecified atom stereocenters. The van der Waals surface area contributed by atoms with Gasteiger partial charge in [-0.2, -0.15) is 13.2 Å². The van der Waals surface area contributed by atoms with E-state index in [4.69, 9.17) is 9.47 Å². The number of methoxy groups -OCH3 is 1. The minimum atomic E-state index is -4.33. The fourth-order valence-electron chi connectivity index (χ4n) is 4.18. The van der Waals surface area contributed by atoms with Crippen molar-refractivity contribution in [2.24, 2.45) is 0 Å². The molecule has 3 heterocycles. The van der Waals surface area contributed by atoms with E-state index in [1.165, 1.54) is 18.4 Å². The third-order valence-corrected chi connectivity index (χ3v) is 6.71. The lowest BCUT2D eigenvalue weighted by Gasteiger charge is -2.11. The molecule has 230 valence electrons. The molecule has 2 aromatic heterocycles. The molecule has 3 amide bonds. The van der Waals surface area contributed by atoms with Crippen LogP contribution in [-0.4, -0.2) is 84.0 Å². The van der Waals surface area contributed by atoms with Gasteiger partial charge in [0.1, 0.15) is 17.6 Å². The number of halogens is 3. The summed E-state index contributed by atoms with van der Waals surface area (Å²) in [4.78, 5) is 29.4. The van der Waals surface area contributed by atoms with Crippen molar-refractivity contribution in [2.45, 2.75) is 75.8 Å². The molecule has 6 rings (SSSR count). The van der Waals surface area contributed by atoms with Crippen LogP contribution in [0.5, 0.6) is 0 Å². The fraction of sp³-hybridized carbons (Fsp3) is 0.593. The number of hydrogen-bond acceptors (Lipinski definition) is 8. The number of urea groups is 1. The van der Waals surface area contributed by atoms with E-state index in [9.17, 15) is 22.8 Å². The van der Waals surface area contributed by atoms with Crippen molar-refractivity contribution in [3.05, 3.63) is 41.0 Å². The van der Waals surface area contributed by atoms with Gasteiger partial charge in [0.05, 0.1) is 29.8 Å². The summed E-state index contributed by atoms with van der Waals surface area (Å²) in [6, 6.07) is 3.88. The summed E-state index contributed by atoms with van der Waals surface area (Å²) < 4.78 is 50.5. The highest BCUT2D eigenvalue weighted by Crippen LogP contribution is 2.40. The van der Waals surface area contributed by atoms with E-state index in [-0.39, 0.29) is 18.6 Å². The number of aromatic nitrogens is 4. The maximum Gasteiger partial charge on any atom is 0.410 e. The number of alkyl halides is 3. The topological polar surface area (TPSA) is 156 Å². The lowest BCUT2D eigenvalue weighted by molar-refractivity contribution is -0.148. The second kappa shape index (κ2) is 14.0. The first kappa shape index (κ1) is 31.2. The average molecular weight is 596 g/mol. The van der Waals surface area contributed by atoms with Gasteiger partial charge in [-0.25, -0.2) is 14.4 Å². The predicted octanol–water partition coefficient (Wildman–Crippen LogP) is 3.40. The van der Waals surface area contributed by atoms with Gasteiger partial charge in [-0.05, 0) is 61.9 Å². The van der Waals surface area contributed by atoms with Crippen LogP contribution in [0.15, 0.2) is 22.8 Å². The molecule has 2 saturated carbocycles. The lowest BCUT2D eigenvalue weighted by Crippen LogP contribution is -2.40. The number of carbonyl (C=O) groups excluding carboxylic acids is 2. The second-order valence-corrected chi connectivity index (χ2v) is 10.4. The van der Waals surface area contributed by atoms with E-state index in [1.807, 2.05) is 5.32 Å². The number of aromatic amines is 1. The Morgan fingerprint density at radius 3 is 2.55 bits per heavy atom. The Balaban J connectivity index is 0.000000157. The van der Waals surface area contributed by atoms with Gasteiger partial charge in [-0.1, -0.05) is 11.2 Å². The molecule has 4 N–H and O–H groups in total. The lowest BCUT2D eigenvalue weighted by atomic mass is 10.1. The molecule has 42 heavy (non-hydrogen) atoms. The molecule has 3 aromatic rings. The van der Waals surface area contributed by atoms with Crippen molar-refractivity contribution in [1.82, 2.24) is 36.2 Å². The summed E-state index contributed by atoms with van der Waals surface area (Å²) in [5.74, 6) is 1.18. The molecule has 3 fully saturated rings. The van der Waals surface area contributed by atoms with E-state index in [0.717, 1.165) is 49.1 Å². The Labute approximate surface area is 240 Å². The van der Waals surface area contributed by atoms with Crippen LogP contribution in [0.3, 0.4) is 0 Å². The number of carbonyl (C=O) groups is 2. The first-order valence-electron chi connectivity index (χ1n) is 13.8. The molecule has 2 atom stereocenters. The predicted molar refractivity (Wildman–Crippen MR) is 145 cm³/mol. The van der Waals surface area contributed by atoms with Crippen LogP contribution in [0.25, 0.3) is 11.0 Å². The first-order valence-corrected chi connectivity index (χ1v) is 13.8. The fourth-order valence-corrected chi connectivity index (χ4v) is 4.18. The Bertz CT molecular complexity index is 1340. The van der Waals surface area contributed by atoms with Gasteiger partial charge in [0.2, 0.25) is 0 Å². The second-order valence-electron chi connectivity index (χ2n) is 10.4. The molecular weight excluding hydrogens is 559 g/mol. The summed E-state index contributed by atoms with van der Waals surface area (Å²) >= 11 is 0. The number of rotatable bonds is 9. The van der Waals surface area contributed by atoms with Crippen LogP contribution in [0.2, 0.25) is 0 Å². The highest BCUT2D eigenvalue weighted by Gasteiger charge is 2.43. The van der Waals surface area contributed by atoms with Gasteiger partial charge >= 0.3 is 12.2 Å². The van der Waals surface area contributed by atoms with Crippen molar-refractivity contribution in [3.63, 3.8) is 0 Å². The Kier molecular flexibility index (Phi) is 10.4. The summed E-state index contributed by atoms with van der Waals surface area (Å²) in [7, 11) is 3.29. The molecule has 12 nitrogen and oxygen atoms in total. The highest BCUT2D eigenvalue weighted by molar-refractivity contribution is 5.93. The van der Waals surface area contributed by atoms with Crippen LogP contribution in [0, 0.1) is 0 Å². The van der Waals surface area contributed by atoms with E-state index in [2.05, 4.69) is 55.3 Å². The van der Waals surface area contributed by atoms with Crippen molar-refractivity contribution >= 4 is 23.0 Å². The molecular formula is C27H36F3N7O5. The van der Waals surface area contributed by atoms with Crippen LogP contribution in [-0.2, 0) is 22.3 Å². The van der Waals surface area contributed by atoms with Crippen molar-refractivity contribution in [1.29, 1.82) is 0 Å². The van der Waals surface area contributed by atoms with E-state index in [0.29, 0.717) is 23.4 Å². The standard InChI is InChI=1S/C16H22N2O2.C7H9N3O2.C4H5F3N2O/c1-11(20-13-4-5-13)9-16-17-14-6-3-12(7-8-19-2)10-15(14)18-16;1-8-7(11)6-5(4-2-3-4)9-12-10-6;5-4(6,7)2-1-8-3(10)9-2/h3,6,10-11,13H,4-5,7-9H2,1-2H3,(H,17,18);4H,2-3H2,1H3,(H,8,11);2H,1H2,(H2,8,9,10)/t11-;;/m1../s1. The molecule has 2 aliphatic carbocycles. The van der Waals surface area contributed by atoms with Crippen LogP contribution < -0.4 is 16.0 Å². The quantitative estimate of drug-likeness (QED) is 0.293. The number of H-pyrrole nitrogens is 1. The molecule has 1 aromatic carbocycles. The third-order valence-electron chi connectivity index (χ3n) is 6.71. The average Bonchev–Trinajstić information content (AvgIpc) is 3.82. The summed E-state index contributed by atoms with van der Waals surface area (Å²) in [5, 5.41) is 13.5. The highest BCUT2D eigenvalue weighted by atomic mass is 19.4. The molecule has 0 bridgehead atoms. The zero-order chi connectivity index (χ0) is 30.3. The number of nitrogens with zero attached hydrogens (tertiary/aromatic N) is 3. The van der Waals surface area contributed by atoms with Gasteiger partial charge < -0.3 is 30.4 Å². The van der Waals surface area contributed by atoms with Gasteiger partial charge in [-0.15, -0.1) is 0 Å². The van der Waals surface area contributed by atoms with Crippen molar-refractivity contribution in [2.75, 3.05) is 27.3 Å². The van der Waals surface area contributed by atoms with Crippen molar-refractivity contribution < 1.29 is 36.9 Å². The minimum absolute atomic E-state index is 0.224. The Hall–Kier alpha value is -3.72. The van der Waals surface area contributed by atoms with Gasteiger partial charge in [0.25, 0.3) is 5.91 Å². The van der Waals surface area contributed by atoms with E-state index < -0.39 is 18.2 Å². The SMILES string of the molecule is CNC(=O)c1nonc1C1CC1.COCCc1ccc2nc(C[C@@H](C)OC3CC3)[nH]c2c1.O=C1NCC(C(F)(F)F)N1. The maximum absolute atomic E-state index is 11.7. The largest absolute Gasteiger partial charge is 0.410 e. The first-order chi connectivity index (χ1) is 20.1. The van der Waals surface area contributed by atoms with Crippen molar-refractivity contribution in [3.8, 4) is 0 Å². The normalized spacial score (nSPS) is 18.7. The molecule has 1 aliphatic heterocycles. The molecule has 0 spiro atoms. The Morgan fingerprint density at radius 2 is 1.98 bits per heavy atom. The van der Waals surface area contributed by atoms with Crippen LogP contribution in [0.4, 0.5) is 18.0 Å². The van der Waals surface area contributed by atoms with Gasteiger partial charge in [-0.3, -0.25) is 4.79 Å². The molecule has 1 saturated heterocycles. The van der Waals surface area contributed by atoms with Gasteiger partial charge in [0.15, 0.2) is 5.69 Å². The van der Waals surface area contributed by atoms with Gasteiger partial charge in [0, 0.05) is 33.0 Å². The van der Waals surface area contributed by atoms with Crippen LogP contribution >= 0.6 is 0 Å². The molecule has 0 radical (unpaired) electrons. The number of amides is 3. The molecule has 3 aliphatic rings. The third kappa shape index (κ3) is 9.14. The van der Waals surface area contributed by atoms with E-state index >= 15 is 0 Å². The number of nitrogens with one attached hydrogen (secondary N) is 4. The number of hydrogen-bond donors (Lipinski definition) is 4. The number of benzene rings is 1.